The van der Waals surface area contributed by atoms with Crippen molar-refractivity contribution in [1.29, 1.82) is 0 Å². The summed E-state index contributed by atoms with van der Waals surface area (Å²) in [4.78, 5) is 22.8. The first-order valence-electron chi connectivity index (χ1n) is 10.8. The average Bonchev–Trinajstić information content (AvgIpc) is 2.73. The van der Waals surface area contributed by atoms with Crippen LogP contribution in [0.25, 0.3) is 0 Å². The van der Waals surface area contributed by atoms with E-state index < -0.39 is 24.4 Å². The van der Waals surface area contributed by atoms with E-state index in [-0.39, 0.29) is 26.4 Å². The van der Waals surface area contributed by atoms with Crippen molar-refractivity contribution in [3.05, 3.63) is 0 Å². The molecule has 0 aromatic rings. The van der Waals surface area contributed by atoms with Gasteiger partial charge in [0.2, 0.25) is 0 Å². The zero-order chi connectivity index (χ0) is 22.5. The Labute approximate surface area is 179 Å². The first-order chi connectivity index (χ1) is 14.5. The van der Waals surface area contributed by atoms with Crippen molar-refractivity contribution in [3.63, 3.8) is 0 Å². The molecule has 2 amide bonds. The minimum Gasteiger partial charge on any atom is -0.447 e. The van der Waals surface area contributed by atoms with Gasteiger partial charge in [0.05, 0.1) is 19.8 Å². The number of nitrogens with one attached hydrogen (secondary N) is 2. The van der Waals surface area contributed by atoms with Gasteiger partial charge in [0.1, 0.15) is 12.7 Å². The van der Waals surface area contributed by atoms with Crippen LogP contribution in [0.2, 0.25) is 0 Å². The molecule has 30 heavy (non-hydrogen) atoms. The molecule has 177 valence electrons. The van der Waals surface area contributed by atoms with Gasteiger partial charge in [-0.05, 0) is 25.7 Å². The van der Waals surface area contributed by atoms with E-state index in [1.165, 1.54) is 0 Å². The van der Waals surface area contributed by atoms with Gasteiger partial charge in [-0.1, -0.05) is 26.7 Å². The lowest BCUT2D eigenvalue weighted by Crippen LogP contribution is -2.34. The molecule has 0 aliphatic heterocycles. The lowest BCUT2D eigenvalue weighted by molar-refractivity contribution is -0.0381. The van der Waals surface area contributed by atoms with Gasteiger partial charge in [-0.3, -0.25) is 0 Å². The Morgan fingerprint density at radius 2 is 1.40 bits per heavy atom. The highest BCUT2D eigenvalue weighted by Crippen LogP contribution is 1.98. The second-order valence-corrected chi connectivity index (χ2v) is 6.85. The molecule has 0 aliphatic rings. The van der Waals surface area contributed by atoms with Crippen molar-refractivity contribution in [3.8, 4) is 0 Å². The summed E-state index contributed by atoms with van der Waals surface area (Å²) in [7, 11) is 0. The Morgan fingerprint density at radius 1 is 0.833 bits per heavy atom. The molecule has 0 aromatic heterocycles. The van der Waals surface area contributed by atoms with E-state index in [0.717, 1.165) is 25.7 Å². The maximum Gasteiger partial charge on any atom is 0.407 e. The molecule has 0 aromatic carbocycles. The van der Waals surface area contributed by atoms with Crippen molar-refractivity contribution in [2.75, 3.05) is 52.7 Å². The minimum atomic E-state index is -1.12. The topological polar surface area (TPSA) is 135 Å². The van der Waals surface area contributed by atoms with Crippen molar-refractivity contribution in [1.82, 2.24) is 10.6 Å². The van der Waals surface area contributed by atoms with E-state index in [9.17, 15) is 19.8 Å². The predicted molar refractivity (Wildman–Crippen MR) is 110 cm³/mol. The number of hydrogen-bond donors (Lipinski definition) is 3. The van der Waals surface area contributed by atoms with E-state index in [2.05, 4.69) is 10.6 Å². The fourth-order valence-corrected chi connectivity index (χ4v) is 2.16. The van der Waals surface area contributed by atoms with Crippen LogP contribution in [0.4, 0.5) is 9.59 Å². The van der Waals surface area contributed by atoms with Crippen LogP contribution < -0.4 is 10.6 Å². The molecular formula is C20H39N2O8. The van der Waals surface area contributed by atoms with Gasteiger partial charge >= 0.3 is 12.2 Å². The van der Waals surface area contributed by atoms with Crippen LogP contribution in [0.1, 0.15) is 52.4 Å². The van der Waals surface area contributed by atoms with Gasteiger partial charge in [0, 0.05) is 26.3 Å². The van der Waals surface area contributed by atoms with Gasteiger partial charge in [-0.15, -0.1) is 0 Å². The van der Waals surface area contributed by atoms with Crippen LogP contribution in [0, 0.1) is 0 Å². The standard InChI is InChI=1S/C20H39N2O8/c1-3-5-9-21-19(25)29-15-17(24)14-27-11-7-8-12-28-16-18(13-23)30-20(26)22-10-6-4-2/h17-18,23H,3-16H2,1-2H3,(H,21,25)(H,22,26). The predicted octanol–water partition coefficient (Wildman–Crippen LogP) is 2.01. The number of rotatable bonds is 19. The van der Waals surface area contributed by atoms with E-state index in [1.807, 2.05) is 13.8 Å². The number of unbranched alkanes of at least 4 members (excludes halogenated alkanes) is 3. The van der Waals surface area contributed by atoms with Crippen molar-refractivity contribution in [2.24, 2.45) is 0 Å². The molecule has 0 bridgehead atoms. The lowest BCUT2D eigenvalue weighted by atomic mass is 10.3. The molecule has 0 spiro atoms. The van der Waals surface area contributed by atoms with E-state index in [4.69, 9.17) is 18.9 Å². The second kappa shape index (κ2) is 20.6. The summed E-state index contributed by atoms with van der Waals surface area (Å²) in [5, 5.41) is 26.1. The van der Waals surface area contributed by atoms with Gasteiger partial charge in [0.25, 0.3) is 0 Å². The number of hydrogen-bond acceptors (Lipinski definition) is 7. The minimum absolute atomic E-state index is 0.0311. The maximum absolute atomic E-state index is 11.7. The summed E-state index contributed by atoms with van der Waals surface area (Å²) in [6.45, 7) is 5.46. The summed E-state index contributed by atoms with van der Waals surface area (Å²) in [6, 6.07) is 0. The first kappa shape index (κ1) is 28.4. The summed E-state index contributed by atoms with van der Waals surface area (Å²) in [5.41, 5.74) is 0. The van der Waals surface area contributed by atoms with Crippen LogP contribution in [-0.2, 0) is 24.1 Å². The van der Waals surface area contributed by atoms with E-state index in [1.54, 1.807) is 0 Å². The second-order valence-electron chi connectivity index (χ2n) is 6.85. The van der Waals surface area contributed by atoms with Crippen molar-refractivity contribution >= 4 is 12.2 Å². The molecule has 0 heterocycles. The largest absolute Gasteiger partial charge is 0.447 e. The number of alkyl carbamates (subject to hydrolysis) is 2. The van der Waals surface area contributed by atoms with Gasteiger partial charge < -0.3 is 34.7 Å². The number of carbonyl (C=O) groups excluding carboxylic acids is 2. The van der Waals surface area contributed by atoms with Gasteiger partial charge in [-0.25, -0.2) is 14.7 Å². The van der Waals surface area contributed by atoms with Gasteiger partial charge in [-0.2, -0.15) is 0 Å². The van der Waals surface area contributed by atoms with Crippen LogP contribution in [-0.4, -0.2) is 82.2 Å². The lowest BCUT2D eigenvalue weighted by Gasteiger charge is -2.16. The highest BCUT2D eigenvalue weighted by Gasteiger charge is 2.13. The molecule has 0 rings (SSSR count). The summed E-state index contributed by atoms with van der Waals surface area (Å²) in [5.74, 6) is 0. The zero-order valence-electron chi connectivity index (χ0n) is 18.4. The van der Waals surface area contributed by atoms with E-state index in [0.29, 0.717) is 39.1 Å². The Morgan fingerprint density at radius 3 is 1.97 bits per heavy atom. The molecule has 3 N–H and O–H groups in total. The van der Waals surface area contributed by atoms with Crippen LogP contribution >= 0.6 is 0 Å². The molecule has 0 fully saturated rings. The molecule has 10 heteroatoms. The highest BCUT2D eigenvalue weighted by atomic mass is 16.6. The quantitative estimate of drug-likeness (QED) is 0.264. The van der Waals surface area contributed by atoms with E-state index >= 15 is 0 Å². The summed E-state index contributed by atoms with van der Waals surface area (Å²) >= 11 is 0. The Balaban J connectivity index is 3.56. The fourth-order valence-electron chi connectivity index (χ4n) is 2.16. The number of aliphatic hydroxyl groups is 1. The zero-order valence-corrected chi connectivity index (χ0v) is 18.4. The molecule has 1 radical (unpaired) electrons. The fraction of sp³-hybridized carbons (Fsp3) is 0.900. The summed E-state index contributed by atoms with van der Waals surface area (Å²) in [6.07, 6.45) is 2.09. The average molecular weight is 436 g/mol. The number of amides is 2. The maximum atomic E-state index is 11.7. The highest BCUT2D eigenvalue weighted by molar-refractivity contribution is 5.67. The molecule has 0 saturated heterocycles. The number of ether oxygens (including phenoxy) is 4. The molecular weight excluding hydrogens is 396 g/mol. The smallest absolute Gasteiger partial charge is 0.407 e. The number of carbonyl (C=O) groups is 2. The van der Waals surface area contributed by atoms with Crippen LogP contribution in [0.3, 0.4) is 0 Å². The molecule has 2 unspecified atom stereocenters. The Kier molecular flexibility index (Phi) is 19.5. The third kappa shape index (κ3) is 18.4. The van der Waals surface area contributed by atoms with Crippen LogP contribution in [0.5, 0.6) is 0 Å². The number of aliphatic hydroxyl groups excluding tert-OH is 1. The summed E-state index contributed by atoms with van der Waals surface area (Å²) < 4.78 is 20.6. The third-order valence-corrected chi connectivity index (χ3v) is 3.91. The monoisotopic (exact) mass is 435 g/mol. The molecule has 10 nitrogen and oxygen atoms in total. The Bertz CT molecular complexity index is 426. The molecule has 0 saturated carbocycles. The van der Waals surface area contributed by atoms with Crippen LogP contribution in [0.15, 0.2) is 0 Å². The third-order valence-electron chi connectivity index (χ3n) is 3.91. The molecule has 2 atom stereocenters. The molecule has 0 aliphatic carbocycles. The van der Waals surface area contributed by atoms with Gasteiger partial charge in [0.15, 0.2) is 6.10 Å². The SMILES string of the molecule is CCCCNC(=O)OCC([O])COCCCCOCC(CO)OC(=O)NCCCC. The first-order valence-corrected chi connectivity index (χ1v) is 10.8. The van der Waals surface area contributed by atoms with Crippen molar-refractivity contribution in [2.45, 2.75) is 64.6 Å². The normalized spacial score (nSPS) is 12.8. The van der Waals surface area contributed by atoms with Crippen molar-refractivity contribution < 1.29 is 38.7 Å². The Hall–Kier alpha value is -1.62.